The quantitative estimate of drug-likeness (QED) is 0.635. The summed E-state index contributed by atoms with van der Waals surface area (Å²) in [6, 6.07) is 8.50. The van der Waals surface area contributed by atoms with E-state index in [2.05, 4.69) is 55.5 Å². The number of hydrogen-bond donors (Lipinski definition) is 1. The van der Waals surface area contributed by atoms with Gasteiger partial charge in [0.15, 0.2) is 0 Å². The van der Waals surface area contributed by atoms with E-state index < -0.39 is 8.07 Å². The van der Waals surface area contributed by atoms with E-state index in [4.69, 9.17) is 4.74 Å². The van der Waals surface area contributed by atoms with Crippen LogP contribution in [-0.2, 0) is 6.54 Å². The topological polar surface area (TPSA) is 21.3 Å². The van der Waals surface area contributed by atoms with Crippen LogP contribution in [0.2, 0.25) is 19.6 Å². The minimum atomic E-state index is -1.29. The molecule has 0 aliphatic rings. The van der Waals surface area contributed by atoms with Gasteiger partial charge in [0, 0.05) is 6.54 Å². The Kier molecular flexibility index (Phi) is 6.84. The maximum absolute atomic E-state index is 5.17. The van der Waals surface area contributed by atoms with Crippen LogP contribution in [0.3, 0.4) is 0 Å². The lowest BCUT2D eigenvalue weighted by molar-refractivity contribution is 0.414. The first-order chi connectivity index (χ1) is 9.44. The van der Waals surface area contributed by atoms with Crippen LogP contribution in [0, 0.1) is 11.5 Å². The van der Waals surface area contributed by atoms with Crippen LogP contribution < -0.4 is 10.1 Å². The van der Waals surface area contributed by atoms with E-state index in [-0.39, 0.29) is 0 Å². The molecule has 3 heteroatoms. The third-order valence-corrected chi connectivity index (χ3v) is 3.80. The fourth-order valence-corrected chi connectivity index (χ4v) is 2.41. The lowest BCUT2D eigenvalue weighted by atomic mass is 10.1. The molecule has 1 aromatic rings. The van der Waals surface area contributed by atoms with Crippen molar-refractivity contribution in [2.24, 2.45) is 0 Å². The SMILES string of the molecule is CCCC(C#C[Si](C)(C)C)NCc1ccc(OC)cc1. The summed E-state index contributed by atoms with van der Waals surface area (Å²) in [7, 11) is 0.404. The molecule has 0 saturated carbocycles. The molecule has 2 nitrogen and oxygen atoms in total. The molecule has 0 aliphatic carbocycles. The van der Waals surface area contributed by atoms with Crippen molar-refractivity contribution in [3.8, 4) is 17.2 Å². The van der Waals surface area contributed by atoms with Gasteiger partial charge >= 0.3 is 0 Å². The normalized spacial score (nSPS) is 12.4. The Morgan fingerprint density at radius 1 is 1.20 bits per heavy atom. The third-order valence-electron chi connectivity index (χ3n) is 2.91. The average Bonchev–Trinajstić information content (AvgIpc) is 2.41. The van der Waals surface area contributed by atoms with Crippen LogP contribution in [0.5, 0.6) is 5.75 Å². The molecule has 0 bridgehead atoms. The second-order valence-corrected chi connectivity index (χ2v) is 10.8. The van der Waals surface area contributed by atoms with E-state index in [0.29, 0.717) is 6.04 Å². The molecule has 0 heterocycles. The van der Waals surface area contributed by atoms with Gasteiger partial charge in [0.25, 0.3) is 0 Å². The first-order valence-electron chi connectivity index (χ1n) is 7.33. The van der Waals surface area contributed by atoms with Gasteiger partial charge in [-0.25, -0.2) is 0 Å². The molecule has 0 radical (unpaired) electrons. The Bertz CT molecular complexity index is 451. The van der Waals surface area contributed by atoms with Crippen molar-refractivity contribution in [3.05, 3.63) is 29.8 Å². The van der Waals surface area contributed by atoms with Crippen molar-refractivity contribution < 1.29 is 4.74 Å². The molecule has 0 aliphatic heterocycles. The molecule has 20 heavy (non-hydrogen) atoms. The highest BCUT2D eigenvalue weighted by atomic mass is 28.3. The summed E-state index contributed by atoms with van der Waals surface area (Å²) in [5.41, 5.74) is 4.73. The van der Waals surface area contributed by atoms with Crippen LogP contribution in [0.4, 0.5) is 0 Å². The van der Waals surface area contributed by atoms with Crippen LogP contribution >= 0.6 is 0 Å². The van der Waals surface area contributed by atoms with Gasteiger partial charge in [-0.15, -0.1) is 5.54 Å². The second-order valence-electron chi connectivity index (χ2n) is 6.09. The van der Waals surface area contributed by atoms with Crippen LogP contribution in [0.1, 0.15) is 25.3 Å². The maximum atomic E-state index is 5.17. The predicted octanol–water partition coefficient (Wildman–Crippen LogP) is 3.83. The van der Waals surface area contributed by atoms with Gasteiger partial charge in [0.1, 0.15) is 13.8 Å². The van der Waals surface area contributed by atoms with Crippen molar-refractivity contribution >= 4 is 8.07 Å². The summed E-state index contributed by atoms with van der Waals surface area (Å²) >= 11 is 0. The Balaban J connectivity index is 2.59. The second kappa shape index (κ2) is 8.14. The molecule has 110 valence electrons. The number of methoxy groups -OCH3 is 1. The fraction of sp³-hybridized carbons (Fsp3) is 0.529. The van der Waals surface area contributed by atoms with E-state index in [9.17, 15) is 0 Å². The van der Waals surface area contributed by atoms with Gasteiger partial charge in [-0.2, -0.15) is 0 Å². The highest BCUT2D eigenvalue weighted by Gasteiger charge is 2.09. The molecule has 1 atom stereocenters. The first kappa shape index (κ1) is 16.8. The minimum absolute atomic E-state index is 0.300. The number of nitrogens with one attached hydrogen (secondary N) is 1. The summed E-state index contributed by atoms with van der Waals surface area (Å²) in [5, 5.41) is 3.55. The summed E-state index contributed by atoms with van der Waals surface area (Å²) < 4.78 is 5.17. The molecular weight excluding hydrogens is 262 g/mol. The van der Waals surface area contributed by atoms with Gasteiger partial charge in [0.05, 0.1) is 13.2 Å². The molecule has 0 fully saturated rings. The fourth-order valence-electron chi connectivity index (χ4n) is 1.80. The van der Waals surface area contributed by atoms with Gasteiger partial charge in [0.2, 0.25) is 0 Å². The number of benzene rings is 1. The van der Waals surface area contributed by atoms with Gasteiger partial charge < -0.3 is 4.74 Å². The minimum Gasteiger partial charge on any atom is -0.497 e. The van der Waals surface area contributed by atoms with Crippen LogP contribution in [-0.4, -0.2) is 21.2 Å². The Hall–Kier alpha value is -1.24. The van der Waals surface area contributed by atoms with E-state index in [1.807, 2.05) is 12.1 Å². The lowest BCUT2D eigenvalue weighted by Crippen LogP contribution is -2.28. The molecule has 1 rings (SSSR count). The Labute approximate surface area is 124 Å². The molecule has 1 aromatic carbocycles. The highest BCUT2D eigenvalue weighted by Crippen LogP contribution is 2.11. The maximum Gasteiger partial charge on any atom is 0.129 e. The Morgan fingerprint density at radius 3 is 2.35 bits per heavy atom. The van der Waals surface area contributed by atoms with Crippen molar-refractivity contribution in [1.29, 1.82) is 0 Å². The van der Waals surface area contributed by atoms with Gasteiger partial charge in [-0.3, -0.25) is 5.32 Å². The summed E-state index contributed by atoms with van der Waals surface area (Å²) in [4.78, 5) is 0. The zero-order chi connectivity index (χ0) is 15.0. The van der Waals surface area contributed by atoms with Crippen molar-refractivity contribution in [2.75, 3.05) is 7.11 Å². The molecule has 1 N–H and O–H groups in total. The van der Waals surface area contributed by atoms with E-state index >= 15 is 0 Å². The van der Waals surface area contributed by atoms with E-state index in [0.717, 1.165) is 25.1 Å². The average molecular weight is 289 g/mol. The summed E-state index contributed by atoms with van der Waals surface area (Å²) in [6.07, 6.45) is 2.26. The van der Waals surface area contributed by atoms with Crippen molar-refractivity contribution in [3.63, 3.8) is 0 Å². The number of ether oxygens (including phenoxy) is 1. The number of rotatable bonds is 6. The molecule has 0 saturated heterocycles. The lowest BCUT2D eigenvalue weighted by Gasteiger charge is -2.14. The van der Waals surface area contributed by atoms with Crippen LogP contribution in [0.25, 0.3) is 0 Å². The monoisotopic (exact) mass is 289 g/mol. The summed E-state index contributed by atoms with van der Waals surface area (Å²) in [6.45, 7) is 9.92. The van der Waals surface area contributed by atoms with Crippen molar-refractivity contribution in [2.45, 2.75) is 52.0 Å². The molecule has 0 spiro atoms. The third kappa shape index (κ3) is 6.79. The molecule has 1 unspecified atom stereocenters. The first-order valence-corrected chi connectivity index (χ1v) is 10.8. The predicted molar refractivity (Wildman–Crippen MR) is 89.7 cm³/mol. The van der Waals surface area contributed by atoms with Gasteiger partial charge in [-0.05, 0) is 24.1 Å². The standard InChI is InChI=1S/C17H27NOSi/c1-6-7-16(12-13-20(3,4)5)18-14-15-8-10-17(19-2)11-9-15/h8-11,16,18H,6-7,14H2,1-5H3. The smallest absolute Gasteiger partial charge is 0.129 e. The van der Waals surface area contributed by atoms with Gasteiger partial charge in [-0.1, -0.05) is 51.0 Å². The number of hydrogen-bond acceptors (Lipinski definition) is 2. The molecule has 0 aromatic heterocycles. The molecule has 0 amide bonds. The highest BCUT2D eigenvalue weighted by molar-refractivity contribution is 6.83. The summed E-state index contributed by atoms with van der Waals surface area (Å²) in [5.74, 6) is 4.33. The van der Waals surface area contributed by atoms with Crippen LogP contribution in [0.15, 0.2) is 24.3 Å². The van der Waals surface area contributed by atoms with Crippen molar-refractivity contribution in [1.82, 2.24) is 5.32 Å². The zero-order valence-corrected chi connectivity index (χ0v) is 14.4. The van der Waals surface area contributed by atoms with E-state index in [1.54, 1.807) is 7.11 Å². The zero-order valence-electron chi connectivity index (χ0n) is 13.4. The Morgan fingerprint density at radius 2 is 1.85 bits per heavy atom. The van der Waals surface area contributed by atoms with E-state index in [1.165, 1.54) is 5.56 Å². The largest absolute Gasteiger partial charge is 0.497 e. The molecular formula is C17H27NOSi.